The van der Waals surface area contributed by atoms with Gasteiger partial charge in [0.15, 0.2) is 0 Å². The minimum atomic E-state index is -0.891. The number of rotatable bonds is 2. The maximum atomic E-state index is 12.5. The van der Waals surface area contributed by atoms with Crippen LogP contribution < -0.4 is 5.32 Å². The van der Waals surface area contributed by atoms with Crippen molar-refractivity contribution in [2.45, 2.75) is 12.1 Å². The molecule has 2 fully saturated rings. The highest BCUT2D eigenvalue weighted by Crippen LogP contribution is 2.19. The average molecular weight is 338 g/mol. The van der Waals surface area contributed by atoms with Crippen LogP contribution in [0, 0.1) is 0 Å². The highest BCUT2D eigenvalue weighted by atomic mass is 35.5. The maximum absolute atomic E-state index is 12.5. The first-order valence-corrected chi connectivity index (χ1v) is 7.65. The van der Waals surface area contributed by atoms with E-state index >= 15 is 0 Å². The van der Waals surface area contributed by atoms with Crippen LogP contribution in [-0.4, -0.2) is 71.0 Å². The van der Waals surface area contributed by atoms with Gasteiger partial charge in [0.05, 0.1) is 13.2 Å². The Morgan fingerprint density at radius 2 is 1.96 bits per heavy atom. The van der Waals surface area contributed by atoms with Crippen molar-refractivity contribution < 1.29 is 19.5 Å². The zero-order valence-corrected chi connectivity index (χ0v) is 13.0. The van der Waals surface area contributed by atoms with Gasteiger partial charge in [-0.05, 0) is 24.3 Å². The summed E-state index contributed by atoms with van der Waals surface area (Å²) >= 11 is 5.81. The lowest BCUT2D eigenvalue weighted by Crippen LogP contribution is -2.70. The van der Waals surface area contributed by atoms with E-state index < -0.39 is 18.7 Å². The van der Waals surface area contributed by atoms with E-state index in [1.54, 1.807) is 29.2 Å². The fourth-order valence-corrected chi connectivity index (χ4v) is 3.01. The first kappa shape index (κ1) is 15.8. The first-order valence-electron chi connectivity index (χ1n) is 7.28. The Morgan fingerprint density at radius 1 is 1.26 bits per heavy atom. The molecule has 2 aliphatic rings. The summed E-state index contributed by atoms with van der Waals surface area (Å²) in [6, 6.07) is 4.92. The van der Waals surface area contributed by atoms with Crippen LogP contribution >= 0.6 is 11.6 Å². The second-order valence-corrected chi connectivity index (χ2v) is 5.99. The summed E-state index contributed by atoms with van der Waals surface area (Å²) in [7, 11) is 0. The van der Waals surface area contributed by atoms with Crippen molar-refractivity contribution in [1.29, 1.82) is 0 Å². The molecule has 8 heteroatoms. The fourth-order valence-electron chi connectivity index (χ4n) is 2.88. The summed E-state index contributed by atoms with van der Waals surface area (Å²) in [5, 5.41) is 12.2. The van der Waals surface area contributed by atoms with Crippen molar-refractivity contribution >= 4 is 29.3 Å². The number of piperazine rings is 2. The van der Waals surface area contributed by atoms with Crippen LogP contribution in [-0.2, 0) is 9.59 Å². The molecule has 0 bridgehead atoms. The number of benzene rings is 1. The summed E-state index contributed by atoms with van der Waals surface area (Å²) in [6.45, 7) is 0.320. The van der Waals surface area contributed by atoms with Gasteiger partial charge in [-0.2, -0.15) is 0 Å². The van der Waals surface area contributed by atoms with Crippen LogP contribution in [0.2, 0.25) is 5.02 Å². The molecule has 2 saturated heterocycles. The van der Waals surface area contributed by atoms with Gasteiger partial charge in [0, 0.05) is 23.7 Å². The molecule has 3 rings (SSSR count). The van der Waals surface area contributed by atoms with Gasteiger partial charge in [-0.3, -0.25) is 14.4 Å². The van der Waals surface area contributed by atoms with Crippen molar-refractivity contribution in [2.75, 3.05) is 26.2 Å². The van der Waals surface area contributed by atoms with E-state index in [0.29, 0.717) is 17.1 Å². The highest BCUT2D eigenvalue weighted by Gasteiger charge is 2.44. The lowest BCUT2D eigenvalue weighted by molar-refractivity contribution is -0.153. The molecule has 3 amide bonds. The van der Waals surface area contributed by atoms with Crippen LogP contribution in [0.1, 0.15) is 10.4 Å². The zero-order chi connectivity index (χ0) is 16.6. The molecule has 0 aromatic heterocycles. The van der Waals surface area contributed by atoms with Crippen LogP contribution in [0.25, 0.3) is 0 Å². The number of fused-ring (bicyclic) bond motifs is 1. The molecule has 2 atom stereocenters. The third kappa shape index (κ3) is 2.89. The van der Waals surface area contributed by atoms with E-state index in [9.17, 15) is 14.4 Å². The molecule has 1 aromatic rings. The topological polar surface area (TPSA) is 89.9 Å². The standard InChI is InChI=1S/C15H16ClN3O4/c16-10-3-1-9(2-4-10)14(22)18-5-6-19-12(7-18)13(21)17-11(8-20)15(19)23/h1-4,11-12,20H,5-8H2,(H,17,21)/t11-,12+/m0/s1. The van der Waals surface area contributed by atoms with Crippen LogP contribution in [0.15, 0.2) is 24.3 Å². The minimum Gasteiger partial charge on any atom is -0.394 e. The molecular weight excluding hydrogens is 322 g/mol. The van der Waals surface area contributed by atoms with Crippen molar-refractivity contribution in [2.24, 2.45) is 0 Å². The van der Waals surface area contributed by atoms with Crippen molar-refractivity contribution in [3.63, 3.8) is 0 Å². The number of aliphatic hydroxyl groups is 1. The van der Waals surface area contributed by atoms with E-state index in [1.165, 1.54) is 4.90 Å². The molecule has 0 radical (unpaired) electrons. The number of carbonyl (C=O) groups is 3. The number of amides is 3. The van der Waals surface area contributed by atoms with Crippen LogP contribution in [0.5, 0.6) is 0 Å². The molecule has 0 spiro atoms. The van der Waals surface area contributed by atoms with Gasteiger partial charge in [-0.1, -0.05) is 11.6 Å². The van der Waals surface area contributed by atoms with Gasteiger partial charge in [-0.15, -0.1) is 0 Å². The van der Waals surface area contributed by atoms with E-state index in [0.717, 1.165) is 0 Å². The van der Waals surface area contributed by atoms with Gasteiger partial charge >= 0.3 is 0 Å². The Bertz CT molecular complexity index is 649. The molecule has 0 aliphatic carbocycles. The second kappa shape index (κ2) is 6.17. The van der Waals surface area contributed by atoms with E-state index in [2.05, 4.69) is 5.32 Å². The van der Waals surface area contributed by atoms with E-state index in [1.807, 2.05) is 0 Å². The quantitative estimate of drug-likeness (QED) is 0.760. The Balaban J connectivity index is 1.75. The molecule has 2 heterocycles. The SMILES string of the molecule is O=C1N[C@@H](CO)C(=O)N2CCN(C(=O)c3ccc(Cl)cc3)C[C@H]12. The van der Waals surface area contributed by atoms with E-state index in [-0.39, 0.29) is 30.8 Å². The minimum absolute atomic E-state index is 0.136. The summed E-state index contributed by atoms with van der Waals surface area (Å²) in [4.78, 5) is 39.8. The number of halogens is 1. The lowest BCUT2D eigenvalue weighted by atomic mass is 10.0. The summed E-state index contributed by atoms with van der Waals surface area (Å²) < 4.78 is 0. The molecule has 1 aromatic carbocycles. The van der Waals surface area contributed by atoms with Crippen LogP contribution in [0.4, 0.5) is 0 Å². The average Bonchev–Trinajstić information content (AvgIpc) is 2.57. The molecular formula is C15H16ClN3O4. The summed E-state index contributed by atoms with van der Waals surface area (Å²) in [5.74, 6) is -0.862. The number of hydrogen-bond donors (Lipinski definition) is 2. The van der Waals surface area contributed by atoms with Gasteiger partial charge in [0.2, 0.25) is 11.8 Å². The molecule has 2 aliphatic heterocycles. The van der Waals surface area contributed by atoms with Gasteiger partial charge < -0.3 is 20.2 Å². The predicted octanol–water partition coefficient (Wildman–Crippen LogP) is -0.516. The van der Waals surface area contributed by atoms with Gasteiger partial charge in [0.1, 0.15) is 12.1 Å². The summed E-state index contributed by atoms with van der Waals surface area (Å²) in [6.07, 6.45) is 0. The zero-order valence-electron chi connectivity index (χ0n) is 12.2. The van der Waals surface area contributed by atoms with Crippen molar-refractivity contribution in [3.8, 4) is 0 Å². The largest absolute Gasteiger partial charge is 0.394 e. The van der Waals surface area contributed by atoms with Gasteiger partial charge in [0.25, 0.3) is 5.91 Å². The number of nitrogens with zero attached hydrogens (tertiary/aromatic N) is 2. The Hall–Kier alpha value is -2.12. The molecule has 23 heavy (non-hydrogen) atoms. The second-order valence-electron chi connectivity index (χ2n) is 5.55. The van der Waals surface area contributed by atoms with E-state index in [4.69, 9.17) is 16.7 Å². The smallest absolute Gasteiger partial charge is 0.254 e. The number of aliphatic hydroxyl groups excluding tert-OH is 1. The highest BCUT2D eigenvalue weighted by molar-refractivity contribution is 6.30. The van der Waals surface area contributed by atoms with Crippen molar-refractivity contribution in [1.82, 2.24) is 15.1 Å². The predicted molar refractivity (Wildman–Crippen MR) is 81.9 cm³/mol. The number of carbonyl (C=O) groups excluding carboxylic acids is 3. The third-order valence-corrected chi connectivity index (χ3v) is 4.39. The molecule has 7 nitrogen and oxygen atoms in total. The molecule has 122 valence electrons. The fraction of sp³-hybridized carbons (Fsp3) is 0.400. The first-order chi connectivity index (χ1) is 11.0. The Labute approximate surface area is 137 Å². The number of nitrogens with one attached hydrogen (secondary N) is 1. The summed E-state index contributed by atoms with van der Waals surface area (Å²) in [5.41, 5.74) is 0.485. The number of hydrogen-bond acceptors (Lipinski definition) is 4. The Morgan fingerprint density at radius 3 is 2.61 bits per heavy atom. The van der Waals surface area contributed by atoms with Gasteiger partial charge in [-0.25, -0.2) is 0 Å². The lowest BCUT2D eigenvalue weighted by Gasteiger charge is -2.44. The third-order valence-electron chi connectivity index (χ3n) is 4.14. The Kier molecular flexibility index (Phi) is 4.23. The van der Waals surface area contributed by atoms with Crippen molar-refractivity contribution in [3.05, 3.63) is 34.9 Å². The maximum Gasteiger partial charge on any atom is 0.254 e. The monoisotopic (exact) mass is 337 g/mol. The molecule has 2 N–H and O–H groups in total. The van der Waals surface area contributed by atoms with Crippen LogP contribution in [0.3, 0.4) is 0 Å². The molecule has 0 unspecified atom stereocenters. The molecule has 0 saturated carbocycles. The normalized spacial score (nSPS) is 24.3.